The quantitative estimate of drug-likeness (QED) is 0.866. The lowest BCUT2D eigenvalue weighted by molar-refractivity contribution is -0.143. The van der Waals surface area contributed by atoms with E-state index in [1.165, 1.54) is 0 Å². The Balaban J connectivity index is 1.82. The predicted octanol–water partition coefficient (Wildman–Crippen LogP) is 2.61. The van der Waals surface area contributed by atoms with Gasteiger partial charge in [-0.25, -0.2) is 0 Å². The average Bonchev–Trinajstić information content (AvgIpc) is 2.85. The van der Waals surface area contributed by atoms with Crippen molar-refractivity contribution >= 4 is 27.8 Å². The number of halogens is 1. The standard InChI is InChI=1S/C15H18BrNO3/c16-12-5-1-3-10(7-12)8-14(18)17-9-11-4-2-6-13(11)15(19)20/h1,3,5,7,11,13H,2,4,6,8-9H2,(H,17,18)(H,19,20). The molecular formula is C15H18BrNO3. The zero-order chi connectivity index (χ0) is 14.5. The number of carboxylic acid groups (broad SMARTS) is 1. The molecule has 0 aliphatic heterocycles. The van der Waals surface area contributed by atoms with E-state index in [2.05, 4.69) is 21.2 Å². The van der Waals surface area contributed by atoms with E-state index in [0.717, 1.165) is 29.3 Å². The Morgan fingerprint density at radius 3 is 2.85 bits per heavy atom. The number of hydrogen-bond acceptors (Lipinski definition) is 2. The zero-order valence-corrected chi connectivity index (χ0v) is 12.7. The molecular weight excluding hydrogens is 322 g/mol. The molecule has 1 aliphatic carbocycles. The summed E-state index contributed by atoms with van der Waals surface area (Å²) in [6.07, 6.45) is 2.86. The van der Waals surface area contributed by atoms with Gasteiger partial charge in [0, 0.05) is 11.0 Å². The van der Waals surface area contributed by atoms with Crippen molar-refractivity contribution < 1.29 is 14.7 Å². The third kappa shape index (κ3) is 4.07. The molecule has 20 heavy (non-hydrogen) atoms. The maximum atomic E-state index is 11.9. The molecule has 1 aromatic rings. The van der Waals surface area contributed by atoms with Crippen molar-refractivity contribution in [1.82, 2.24) is 5.32 Å². The molecule has 0 saturated heterocycles. The molecule has 0 aromatic heterocycles. The van der Waals surface area contributed by atoms with E-state index in [1.54, 1.807) is 0 Å². The molecule has 0 bridgehead atoms. The van der Waals surface area contributed by atoms with Crippen LogP contribution in [0.2, 0.25) is 0 Å². The van der Waals surface area contributed by atoms with Crippen molar-refractivity contribution in [3.05, 3.63) is 34.3 Å². The van der Waals surface area contributed by atoms with Crippen molar-refractivity contribution in [2.45, 2.75) is 25.7 Å². The number of amides is 1. The highest BCUT2D eigenvalue weighted by Gasteiger charge is 2.32. The van der Waals surface area contributed by atoms with Crippen molar-refractivity contribution in [2.75, 3.05) is 6.54 Å². The van der Waals surface area contributed by atoms with Gasteiger partial charge in [-0.05, 0) is 36.5 Å². The Kier molecular flexibility index (Phi) is 5.17. The lowest BCUT2D eigenvalue weighted by atomic mass is 9.96. The topological polar surface area (TPSA) is 66.4 Å². The van der Waals surface area contributed by atoms with Gasteiger partial charge in [-0.1, -0.05) is 34.5 Å². The number of carbonyl (C=O) groups is 2. The second kappa shape index (κ2) is 6.88. The molecule has 5 heteroatoms. The summed E-state index contributed by atoms with van der Waals surface area (Å²) < 4.78 is 0.949. The summed E-state index contributed by atoms with van der Waals surface area (Å²) in [7, 11) is 0. The second-order valence-electron chi connectivity index (χ2n) is 5.25. The van der Waals surface area contributed by atoms with Crippen molar-refractivity contribution in [3.8, 4) is 0 Å². The molecule has 1 fully saturated rings. The van der Waals surface area contributed by atoms with Gasteiger partial charge >= 0.3 is 5.97 Å². The van der Waals surface area contributed by atoms with Gasteiger partial charge in [-0.3, -0.25) is 9.59 Å². The molecule has 1 aliphatic rings. The normalized spacial score (nSPS) is 21.6. The Hall–Kier alpha value is -1.36. The highest BCUT2D eigenvalue weighted by atomic mass is 79.9. The van der Waals surface area contributed by atoms with E-state index in [-0.39, 0.29) is 17.7 Å². The van der Waals surface area contributed by atoms with Gasteiger partial charge in [0.2, 0.25) is 5.91 Å². The molecule has 1 amide bonds. The summed E-state index contributed by atoms with van der Waals surface area (Å²) >= 11 is 3.37. The van der Waals surface area contributed by atoms with Crippen LogP contribution >= 0.6 is 15.9 Å². The SMILES string of the molecule is O=C(Cc1cccc(Br)c1)NCC1CCCC1C(=O)O. The molecule has 0 spiro atoms. The highest BCUT2D eigenvalue weighted by Crippen LogP contribution is 2.31. The van der Waals surface area contributed by atoms with Gasteiger partial charge < -0.3 is 10.4 Å². The summed E-state index contributed by atoms with van der Waals surface area (Å²) in [6, 6.07) is 7.62. The largest absolute Gasteiger partial charge is 0.481 e. The number of nitrogens with one attached hydrogen (secondary N) is 1. The first-order valence-corrected chi connectivity index (χ1v) is 7.59. The van der Waals surface area contributed by atoms with E-state index in [0.29, 0.717) is 13.0 Å². The first-order valence-electron chi connectivity index (χ1n) is 6.80. The minimum atomic E-state index is -0.742. The van der Waals surface area contributed by atoms with Crippen LogP contribution in [0.4, 0.5) is 0 Å². The van der Waals surface area contributed by atoms with Crippen LogP contribution in [0.1, 0.15) is 24.8 Å². The smallest absolute Gasteiger partial charge is 0.306 e. The van der Waals surface area contributed by atoms with Crippen LogP contribution in [0.3, 0.4) is 0 Å². The van der Waals surface area contributed by atoms with E-state index < -0.39 is 5.97 Å². The third-order valence-corrected chi connectivity index (χ3v) is 4.28. The zero-order valence-electron chi connectivity index (χ0n) is 11.1. The lowest BCUT2D eigenvalue weighted by Gasteiger charge is -2.16. The molecule has 4 nitrogen and oxygen atoms in total. The van der Waals surface area contributed by atoms with E-state index in [4.69, 9.17) is 5.11 Å². The van der Waals surface area contributed by atoms with Gasteiger partial charge in [0.15, 0.2) is 0 Å². The van der Waals surface area contributed by atoms with Gasteiger partial charge in [0.1, 0.15) is 0 Å². The van der Waals surface area contributed by atoms with Crippen LogP contribution in [0.15, 0.2) is 28.7 Å². The number of carbonyl (C=O) groups excluding carboxylic acids is 1. The highest BCUT2D eigenvalue weighted by molar-refractivity contribution is 9.10. The van der Waals surface area contributed by atoms with Crippen LogP contribution in [-0.4, -0.2) is 23.5 Å². The fraction of sp³-hybridized carbons (Fsp3) is 0.467. The fourth-order valence-electron chi connectivity index (χ4n) is 2.75. The Morgan fingerprint density at radius 1 is 1.35 bits per heavy atom. The fourth-order valence-corrected chi connectivity index (χ4v) is 3.19. The van der Waals surface area contributed by atoms with Crippen molar-refractivity contribution in [3.63, 3.8) is 0 Å². The Morgan fingerprint density at radius 2 is 2.15 bits per heavy atom. The minimum absolute atomic E-state index is 0.0564. The van der Waals surface area contributed by atoms with Crippen LogP contribution < -0.4 is 5.32 Å². The summed E-state index contributed by atoms with van der Waals surface area (Å²) in [6.45, 7) is 0.462. The van der Waals surface area contributed by atoms with E-state index in [1.807, 2.05) is 24.3 Å². The molecule has 1 aromatic carbocycles. The summed E-state index contributed by atoms with van der Waals surface area (Å²) in [5.41, 5.74) is 0.943. The van der Waals surface area contributed by atoms with E-state index in [9.17, 15) is 9.59 Å². The van der Waals surface area contributed by atoms with Crippen molar-refractivity contribution in [1.29, 1.82) is 0 Å². The number of carboxylic acids is 1. The summed E-state index contributed by atoms with van der Waals surface area (Å²) in [5, 5.41) is 12.0. The molecule has 0 heterocycles. The molecule has 2 N–H and O–H groups in total. The number of benzene rings is 1. The first kappa shape index (κ1) is 15.0. The number of rotatable bonds is 5. The molecule has 1 saturated carbocycles. The number of hydrogen-bond donors (Lipinski definition) is 2. The molecule has 108 valence electrons. The van der Waals surface area contributed by atoms with Gasteiger partial charge in [0.05, 0.1) is 12.3 Å². The van der Waals surface area contributed by atoms with Gasteiger partial charge in [-0.2, -0.15) is 0 Å². The molecule has 0 radical (unpaired) electrons. The maximum Gasteiger partial charge on any atom is 0.306 e. The second-order valence-corrected chi connectivity index (χ2v) is 6.16. The average molecular weight is 340 g/mol. The maximum absolute atomic E-state index is 11.9. The van der Waals surface area contributed by atoms with E-state index >= 15 is 0 Å². The predicted molar refractivity (Wildman–Crippen MR) is 79.3 cm³/mol. The summed E-state index contributed by atoms with van der Waals surface area (Å²) in [4.78, 5) is 23.0. The van der Waals surface area contributed by atoms with Crippen molar-refractivity contribution in [2.24, 2.45) is 11.8 Å². The third-order valence-electron chi connectivity index (χ3n) is 3.79. The van der Waals surface area contributed by atoms with Crippen LogP contribution in [-0.2, 0) is 16.0 Å². The summed E-state index contributed by atoms with van der Waals surface area (Å²) in [5.74, 6) is -1.03. The lowest BCUT2D eigenvalue weighted by Crippen LogP contribution is -2.33. The molecule has 2 unspecified atom stereocenters. The van der Waals surface area contributed by atoms with Gasteiger partial charge in [-0.15, -0.1) is 0 Å². The molecule has 2 atom stereocenters. The minimum Gasteiger partial charge on any atom is -0.481 e. The molecule has 2 rings (SSSR count). The Labute approximate surface area is 126 Å². The van der Waals surface area contributed by atoms with Gasteiger partial charge in [0.25, 0.3) is 0 Å². The van der Waals surface area contributed by atoms with Crippen LogP contribution in [0.5, 0.6) is 0 Å². The Bertz CT molecular complexity index is 504. The van der Waals surface area contributed by atoms with Crippen LogP contribution in [0, 0.1) is 11.8 Å². The first-order chi connectivity index (χ1) is 9.56. The van der Waals surface area contributed by atoms with Crippen LogP contribution in [0.25, 0.3) is 0 Å². The monoisotopic (exact) mass is 339 g/mol. The number of aliphatic carboxylic acids is 1.